The molecule has 1 aromatic rings. The Hall–Kier alpha value is -0.895. The van der Waals surface area contributed by atoms with Crippen molar-refractivity contribution in [2.45, 2.75) is 105 Å². The molecule has 6 heteroatoms. The highest BCUT2D eigenvalue weighted by molar-refractivity contribution is 7.82. The van der Waals surface area contributed by atoms with Crippen LogP contribution in [0.4, 0.5) is 4.79 Å². The summed E-state index contributed by atoms with van der Waals surface area (Å²) in [5.74, 6) is 0. The maximum Gasteiger partial charge on any atom is 0.551 e. The largest absolute Gasteiger partial charge is 0.551 e. The van der Waals surface area contributed by atoms with Gasteiger partial charge >= 0.3 is 12.9 Å². The third kappa shape index (κ3) is 7.08. The highest BCUT2D eigenvalue weighted by Crippen LogP contribution is 2.50. The summed E-state index contributed by atoms with van der Waals surface area (Å²) in [7, 11) is -1.52. The van der Waals surface area contributed by atoms with Gasteiger partial charge in [-0.2, -0.15) is 0 Å². The lowest BCUT2D eigenvalue weighted by Crippen LogP contribution is -2.63. The van der Waals surface area contributed by atoms with Gasteiger partial charge in [0.05, 0.1) is 0 Å². The summed E-state index contributed by atoms with van der Waals surface area (Å²) in [6.45, 7) is 23.8. The lowest BCUT2D eigenvalue weighted by Gasteiger charge is -2.44. The van der Waals surface area contributed by atoms with E-state index in [-0.39, 0.29) is 35.0 Å². The molecule has 0 saturated heterocycles. The summed E-state index contributed by atoms with van der Waals surface area (Å²) in [4.78, 5) is 18.3. The highest BCUT2D eigenvalue weighted by atomic mass is 31.1. The van der Waals surface area contributed by atoms with Crippen LogP contribution in [-0.4, -0.2) is 51.8 Å². The Balaban J connectivity index is 3.40. The Morgan fingerprint density at radius 2 is 1.21 bits per heavy atom. The van der Waals surface area contributed by atoms with Crippen molar-refractivity contribution in [3.05, 3.63) is 30.3 Å². The Labute approximate surface area is 181 Å². The zero-order chi connectivity index (χ0) is 22.5. The molecule has 0 N–H and O–H groups in total. The number of carbonyl (C=O) groups is 1. The maximum atomic E-state index is 13.7. The molecule has 1 unspecified atom stereocenters. The first-order chi connectivity index (χ1) is 13.3. The zero-order valence-corrected chi connectivity index (χ0v) is 21.3. The van der Waals surface area contributed by atoms with Crippen LogP contribution >= 0.6 is 7.92 Å². The van der Waals surface area contributed by atoms with Crippen molar-refractivity contribution in [2.24, 2.45) is 0 Å². The van der Waals surface area contributed by atoms with Gasteiger partial charge in [0.15, 0.2) is 0 Å². The molecule has 0 radical (unpaired) electrons. The first kappa shape index (κ1) is 26.1. The fraction of sp³-hybridized carbons (Fsp3) is 0.696. The van der Waals surface area contributed by atoms with E-state index in [1.807, 2.05) is 18.2 Å². The van der Waals surface area contributed by atoms with Gasteiger partial charge in [0.2, 0.25) is 0 Å². The van der Waals surface area contributed by atoms with Crippen LogP contribution in [-0.2, 0) is 4.65 Å². The summed E-state index contributed by atoms with van der Waals surface area (Å²) < 4.78 is 6.40. The molecule has 0 aromatic heterocycles. The summed E-state index contributed by atoms with van der Waals surface area (Å²) in [5, 5.41) is 0.888. The molecule has 29 heavy (non-hydrogen) atoms. The van der Waals surface area contributed by atoms with Gasteiger partial charge in [-0.25, -0.2) is 4.79 Å². The minimum atomic E-state index is -1.13. The van der Waals surface area contributed by atoms with Crippen LogP contribution in [0, 0.1) is 0 Å². The molecule has 1 aromatic carbocycles. The molecule has 1 atom stereocenters. The van der Waals surface area contributed by atoms with Gasteiger partial charge in [-0.15, -0.1) is 0 Å². The zero-order valence-electron chi connectivity index (χ0n) is 20.4. The molecular formula is C23H42BN2O2P. The van der Waals surface area contributed by atoms with Gasteiger partial charge in [-0.3, -0.25) is 9.62 Å². The van der Waals surface area contributed by atoms with Crippen molar-refractivity contribution in [3.63, 3.8) is 0 Å². The van der Waals surface area contributed by atoms with E-state index in [1.54, 1.807) is 0 Å². The molecule has 0 aliphatic heterocycles. The Morgan fingerprint density at radius 3 is 1.52 bits per heavy atom. The van der Waals surface area contributed by atoms with Gasteiger partial charge < -0.3 is 4.65 Å². The first-order valence-corrected chi connectivity index (χ1v) is 12.2. The van der Waals surface area contributed by atoms with Crippen LogP contribution in [0.5, 0.6) is 0 Å². The van der Waals surface area contributed by atoms with Crippen molar-refractivity contribution in [2.75, 3.05) is 0 Å². The summed E-state index contributed by atoms with van der Waals surface area (Å²) in [6, 6.07) is 11.1. The van der Waals surface area contributed by atoms with E-state index in [0.29, 0.717) is 0 Å². The molecule has 0 amide bonds. The Kier molecular flexibility index (Phi) is 9.85. The molecule has 0 spiro atoms. The number of hydrogen-bond acceptors (Lipinski definition) is 4. The fourth-order valence-corrected chi connectivity index (χ4v) is 6.18. The van der Waals surface area contributed by atoms with Gasteiger partial charge in [0.25, 0.3) is 0 Å². The average Bonchev–Trinajstić information content (AvgIpc) is 2.52. The minimum absolute atomic E-state index is 0.0960. The molecule has 0 aliphatic carbocycles. The summed E-state index contributed by atoms with van der Waals surface area (Å²) >= 11 is 0. The van der Waals surface area contributed by atoms with Crippen LogP contribution in [0.3, 0.4) is 0 Å². The van der Waals surface area contributed by atoms with E-state index >= 15 is 0 Å². The number of hydrogen-bond donors (Lipinski definition) is 0. The Morgan fingerprint density at radius 1 is 0.828 bits per heavy atom. The molecule has 0 aliphatic rings. The summed E-state index contributed by atoms with van der Waals surface area (Å²) in [6.07, 6.45) is 0. The molecule has 0 fully saturated rings. The smallest absolute Gasteiger partial charge is 0.503 e. The van der Waals surface area contributed by atoms with Crippen molar-refractivity contribution >= 4 is 26.1 Å². The first-order valence-electron chi connectivity index (χ1n) is 10.9. The molecule has 164 valence electrons. The minimum Gasteiger partial charge on any atom is -0.503 e. The average molecular weight is 420 g/mol. The highest BCUT2D eigenvalue weighted by Gasteiger charge is 2.45. The second-order valence-corrected chi connectivity index (χ2v) is 12.7. The van der Waals surface area contributed by atoms with E-state index < -0.39 is 15.1 Å². The summed E-state index contributed by atoms with van der Waals surface area (Å²) in [5.41, 5.74) is -0.0960. The molecule has 1 rings (SSSR count). The Bertz CT molecular complexity index is 594. The molecule has 0 saturated carbocycles. The molecule has 0 heterocycles. The normalized spacial score (nSPS) is 13.8. The second kappa shape index (κ2) is 10.9. The standard InChI is InChI=1S/C23H42BN2O2P/c1-17(2)25(18(3)4)24(26(19(5)6)20(7)8)28-22(27)29(23(9,10)11)21-15-13-12-14-16-21/h12-20H,1-11H3. The lowest BCUT2D eigenvalue weighted by atomic mass is 9.85. The van der Waals surface area contributed by atoms with Crippen LogP contribution in [0.1, 0.15) is 76.2 Å². The lowest BCUT2D eigenvalue weighted by molar-refractivity contribution is 0.154. The van der Waals surface area contributed by atoms with E-state index in [9.17, 15) is 4.79 Å². The van der Waals surface area contributed by atoms with Gasteiger partial charge in [-0.1, -0.05) is 106 Å². The van der Waals surface area contributed by atoms with Crippen LogP contribution in [0.15, 0.2) is 30.3 Å². The van der Waals surface area contributed by atoms with Gasteiger partial charge in [0.1, 0.15) is 0 Å². The van der Waals surface area contributed by atoms with Gasteiger partial charge in [0, 0.05) is 7.92 Å². The van der Waals surface area contributed by atoms with Crippen LogP contribution < -0.4 is 5.30 Å². The van der Waals surface area contributed by atoms with E-state index in [0.717, 1.165) is 5.30 Å². The number of benzene rings is 1. The topological polar surface area (TPSA) is 32.8 Å². The van der Waals surface area contributed by atoms with Crippen molar-refractivity contribution < 1.29 is 9.45 Å². The third-order valence-electron chi connectivity index (χ3n) is 4.97. The monoisotopic (exact) mass is 420 g/mol. The third-order valence-corrected chi connectivity index (χ3v) is 7.60. The number of carbonyl (C=O) groups excluding carboxylic acids is 1. The molecule has 0 bridgehead atoms. The van der Waals surface area contributed by atoms with E-state index in [1.165, 1.54) is 0 Å². The molecular weight excluding hydrogens is 378 g/mol. The van der Waals surface area contributed by atoms with Crippen molar-refractivity contribution in [1.29, 1.82) is 0 Å². The number of nitrogens with zero attached hydrogens (tertiary/aromatic N) is 2. The maximum absolute atomic E-state index is 13.7. The van der Waals surface area contributed by atoms with Crippen molar-refractivity contribution in [3.8, 4) is 0 Å². The fourth-order valence-electron chi connectivity index (χ4n) is 3.97. The predicted molar refractivity (Wildman–Crippen MR) is 129 cm³/mol. The van der Waals surface area contributed by atoms with Crippen LogP contribution in [0.25, 0.3) is 0 Å². The second-order valence-electron chi connectivity index (χ2n) is 9.82. The quantitative estimate of drug-likeness (QED) is 0.365. The van der Waals surface area contributed by atoms with E-state index in [2.05, 4.69) is 97.9 Å². The van der Waals surface area contributed by atoms with E-state index in [4.69, 9.17) is 4.65 Å². The predicted octanol–water partition coefficient (Wildman–Crippen LogP) is 5.95. The van der Waals surface area contributed by atoms with Crippen LogP contribution in [0.2, 0.25) is 0 Å². The SMILES string of the molecule is CC(C)N(B(OC(=O)P(c1ccccc1)C(C)(C)C)N(C(C)C)C(C)C)C(C)C. The van der Waals surface area contributed by atoms with Crippen molar-refractivity contribution in [1.82, 2.24) is 9.62 Å². The molecule has 4 nitrogen and oxygen atoms in total. The van der Waals surface area contributed by atoms with Gasteiger partial charge in [-0.05, 0) is 34.6 Å². The number of rotatable bonds is 9.